The molecule has 0 bridgehead atoms. The smallest absolute Gasteiger partial charge is 0.249 e. The highest BCUT2D eigenvalue weighted by Crippen LogP contribution is 2.49. The molecule has 2 nitrogen and oxygen atoms in total. The number of anilines is 6. The van der Waals surface area contributed by atoms with Gasteiger partial charge in [-0.2, -0.15) is 0 Å². The quantitative estimate of drug-likeness (QED) is 0.153. The van der Waals surface area contributed by atoms with E-state index in [1.165, 1.54) is 103 Å². The second kappa shape index (κ2) is 17.3. The third kappa shape index (κ3) is 7.75. The first-order valence-corrected chi connectivity index (χ1v) is 29.3. The van der Waals surface area contributed by atoms with Crippen LogP contribution in [0.2, 0.25) is 0 Å². The molecule has 0 amide bonds. The van der Waals surface area contributed by atoms with E-state index >= 15 is 0 Å². The average molecular weight is 983 g/mol. The third-order valence-corrected chi connectivity index (χ3v) is 22.4. The van der Waals surface area contributed by atoms with Crippen LogP contribution in [0.15, 0.2) is 197 Å². The number of hydrogen-bond donors (Lipinski definition) is 0. The molecule has 0 radical (unpaired) electrons. The van der Waals surface area contributed by atoms with Gasteiger partial charge in [0.2, 0.25) is 6.71 Å². The number of benzene rings is 8. The first-order chi connectivity index (χ1) is 34.9. The Morgan fingerprint density at radius 2 is 1.16 bits per heavy atom. The maximum atomic E-state index is 2.71. The lowest BCUT2D eigenvalue weighted by Gasteiger charge is -2.43. The van der Waals surface area contributed by atoms with Crippen LogP contribution in [-0.4, -0.2) is 14.8 Å². The fraction of sp³-hybridized carbons (Fsp3) is 0.235. The van der Waals surface area contributed by atoms with Crippen molar-refractivity contribution in [2.24, 2.45) is 0 Å². The third-order valence-electron chi connectivity index (χ3n) is 16.3. The molecule has 8 aromatic carbocycles. The minimum Gasteiger partial charge on any atom is -0.311 e. The number of nitrogens with zero attached hydrogens (tertiary/aromatic N) is 2. The van der Waals surface area contributed by atoms with Crippen molar-refractivity contribution in [2.45, 2.75) is 115 Å². The van der Waals surface area contributed by atoms with E-state index in [0.717, 1.165) is 24.2 Å². The van der Waals surface area contributed by atoms with Crippen LogP contribution >= 0.6 is 11.8 Å². The van der Waals surface area contributed by atoms with Crippen molar-refractivity contribution >= 4 is 98.2 Å². The van der Waals surface area contributed by atoms with Crippen LogP contribution in [0.1, 0.15) is 109 Å². The summed E-state index contributed by atoms with van der Waals surface area (Å²) < 4.78 is 0. The predicted molar refractivity (Wildman–Crippen MR) is 319 cm³/mol. The van der Waals surface area contributed by atoms with Crippen LogP contribution < -0.4 is 41.7 Å². The number of hydrogen-bond acceptors (Lipinski definition) is 3. The molecule has 12 rings (SSSR count). The summed E-state index contributed by atoms with van der Waals surface area (Å²) in [5.74, 6) is 0. The molecule has 73 heavy (non-hydrogen) atoms. The maximum absolute atomic E-state index is 2.81. The molecule has 4 aliphatic rings. The molecule has 3 aliphatic heterocycles. The van der Waals surface area contributed by atoms with Gasteiger partial charge in [0, 0.05) is 43.9 Å². The molecule has 0 saturated carbocycles. The molecule has 0 saturated heterocycles. The fourth-order valence-corrected chi connectivity index (χ4v) is 19.0. The summed E-state index contributed by atoms with van der Waals surface area (Å²) >= 11 is 1.95. The van der Waals surface area contributed by atoms with Crippen molar-refractivity contribution in [1.82, 2.24) is 0 Å². The van der Waals surface area contributed by atoms with Gasteiger partial charge in [-0.15, -0.1) is 0 Å². The van der Waals surface area contributed by atoms with Crippen molar-refractivity contribution in [3.05, 3.63) is 221 Å². The molecule has 5 heteroatoms. The van der Waals surface area contributed by atoms with E-state index in [2.05, 4.69) is 268 Å². The zero-order chi connectivity index (χ0) is 50.8. The Bertz CT molecular complexity index is 3510. The Balaban J connectivity index is 1.20. The van der Waals surface area contributed by atoms with Crippen molar-refractivity contribution in [3.63, 3.8) is 0 Å². The molecule has 3 heterocycles. The Morgan fingerprint density at radius 3 is 1.78 bits per heavy atom. The van der Waals surface area contributed by atoms with Gasteiger partial charge in [-0.1, -0.05) is 213 Å². The predicted octanol–water partition coefficient (Wildman–Crippen LogP) is 14.6. The van der Waals surface area contributed by atoms with Crippen molar-refractivity contribution in [2.75, 3.05) is 9.80 Å². The first kappa shape index (κ1) is 47.5. The molecule has 0 N–H and O–H groups in total. The monoisotopic (exact) mass is 982 g/mol. The molecule has 1 aliphatic carbocycles. The van der Waals surface area contributed by atoms with Crippen LogP contribution in [0.25, 0.3) is 5.57 Å². The van der Waals surface area contributed by atoms with Crippen LogP contribution in [0.4, 0.5) is 34.1 Å². The lowest BCUT2D eigenvalue weighted by Crippen LogP contribution is -2.68. The zero-order valence-electron chi connectivity index (χ0n) is 44.6. The molecule has 0 spiro atoms. The van der Waals surface area contributed by atoms with E-state index < -0.39 is 8.07 Å². The van der Waals surface area contributed by atoms with E-state index in [0.29, 0.717) is 0 Å². The van der Waals surface area contributed by atoms with E-state index in [1.807, 2.05) is 11.8 Å². The Hall–Kier alpha value is -6.53. The molecule has 0 unspecified atom stereocenters. The largest absolute Gasteiger partial charge is 0.311 e. The molecule has 8 aromatic rings. The van der Waals surface area contributed by atoms with Crippen LogP contribution in [0.3, 0.4) is 0 Å². The van der Waals surface area contributed by atoms with Gasteiger partial charge < -0.3 is 9.80 Å². The minimum atomic E-state index is -2.81. The van der Waals surface area contributed by atoms with Gasteiger partial charge in [0.05, 0.1) is 0 Å². The highest BCUT2D eigenvalue weighted by atomic mass is 32.2. The number of fused-ring (bicyclic) bond motifs is 6. The maximum Gasteiger partial charge on any atom is 0.249 e. The standard InChI is InChI=1S/C68H67BN2SSi/c1-44-26-36-58(45(2)38-44)70(49-32-27-46(28-33-49)66(3,4)5)51-40-60-65-62(41-51)72-61-37-31-48(68(9,10)11)39-57(61)69(65)56-42-55-54-24-18-19-25-63(54)73(52-20-14-12-15-21-52,53-22-16-13-17-23-53)64(55)43-59(56)71(60)50-34-29-47(30-35-50)67(6,7)8/h12-17,19-23,25-43H,18,24H2,1-11H3. The van der Waals surface area contributed by atoms with Crippen molar-refractivity contribution < 1.29 is 0 Å². The van der Waals surface area contributed by atoms with E-state index in [1.54, 1.807) is 5.20 Å². The summed E-state index contributed by atoms with van der Waals surface area (Å²) in [7, 11) is -2.81. The van der Waals surface area contributed by atoms with E-state index in [4.69, 9.17) is 0 Å². The summed E-state index contributed by atoms with van der Waals surface area (Å²) in [6, 6.07) is 66.8. The normalized spacial score (nSPS) is 15.4. The molecule has 0 aromatic heterocycles. The number of aryl methyl sites for hydroxylation is 2. The van der Waals surface area contributed by atoms with Crippen molar-refractivity contribution in [1.29, 1.82) is 0 Å². The molecular weight excluding hydrogens is 916 g/mol. The number of rotatable bonds is 6. The van der Waals surface area contributed by atoms with Gasteiger partial charge in [0.15, 0.2) is 8.07 Å². The van der Waals surface area contributed by atoms with E-state index in [-0.39, 0.29) is 23.0 Å². The van der Waals surface area contributed by atoms with Gasteiger partial charge in [-0.3, -0.25) is 0 Å². The average Bonchev–Trinajstić information content (AvgIpc) is 3.66. The topological polar surface area (TPSA) is 6.48 Å². The van der Waals surface area contributed by atoms with Crippen LogP contribution in [0.5, 0.6) is 0 Å². The molecule has 0 fully saturated rings. The summed E-state index contributed by atoms with van der Waals surface area (Å²) in [6.07, 6.45) is 7.08. The van der Waals surface area contributed by atoms with Gasteiger partial charge in [-0.25, -0.2) is 0 Å². The van der Waals surface area contributed by atoms with E-state index in [9.17, 15) is 0 Å². The highest BCUT2D eigenvalue weighted by Gasteiger charge is 2.52. The molecular formula is C68H67BN2SSi. The van der Waals surface area contributed by atoms with Gasteiger partial charge in [-0.05, 0) is 163 Å². The summed E-state index contributed by atoms with van der Waals surface area (Å²) in [6.45, 7) is 25.5. The van der Waals surface area contributed by atoms with Crippen LogP contribution in [0, 0.1) is 13.8 Å². The summed E-state index contributed by atoms with van der Waals surface area (Å²) in [5.41, 5.74) is 21.0. The lowest BCUT2D eigenvalue weighted by molar-refractivity contribution is 0.590. The first-order valence-electron chi connectivity index (χ1n) is 26.5. The second-order valence-electron chi connectivity index (χ2n) is 24.2. The molecule has 0 atom stereocenters. The summed E-state index contributed by atoms with van der Waals surface area (Å²) in [4.78, 5) is 7.85. The highest BCUT2D eigenvalue weighted by molar-refractivity contribution is 8.00. The lowest BCUT2D eigenvalue weighted by atomic mass is 9.34. The minimum absolute atomic E-state index is 0.0113. The number of allylic oxidation sites excluding steroid dienone is 4. The van der Waals surface area contributed by atoms with Crippen molar-refractivity contribution in [3.8, 4) is 0 Å². The zero-order valence-corrected chi connectivity index (χ0v) is 46.4. The molecule has 362 valence electrons. The Morgan fingerprint density at radius 1 is 0.548 bits per heavy atom. The van der Waals surface area contributed by atoms with Crippen LogP contribution in [-0.2, 0) is 16.2 Å². The fourth-order valence-electron chi connectivity index (χ4n) is 12.5. The summed E-state index contributed by atoms with van der Waals surface area (Å²) in [5, 5.41) is 5.93. The Labute approximate surface area is 441 Å². The Kier molecular flexibility index (Phi) is 11.2. The van der Waals surface area contributed by atoms with Gasteiger partial charge >= 0.3 is 0 Å². The van der Waals surface area contributed by atoms with Gasteiger partial charge in [0.1, 0.15) is 0 Å². The SMILES string of the molecule is Cc1ccc(N(c2ccc(C(C)(C)C)cc2)c2cc3c4c(c2)N(c2ccc(C(C)(C)C)cc2)c2cc5c(cc2B4c2cc(C(C)(C)C)ccc2S3)C2=C(C=CCC2)[Si]5(c2ccccc2)c2ccccc2)c(C)c1. The van der Waals surface area contributed by atoms with Gasteiger partial charge in [0.25, 0.3) is 0 Å². The second-order valence-corrected chi connectivity index (χ2v) is 29.1.